The summed E-state index contributed by atoms with van der Waals surface area (Å²) in [5, 5.41) is 7.63. The van der Waals surface area contributed by atoms with Gasteiger partial charge in [-0.2, -0.15) is 0 Å². The Morgan fingerprint density at radius 2 is 0.891 bits per heavy atom. The van der Waals surface area contributed by atoms with Crippen molar-refractivity contribution in [3.05, 3.63) is 206 Å². The maximum Gasteiger partial charge on any atom is 0.0541 e. The molecule has 0 N–H and O–H groups in total. The second kappa shape index (κ2) is 12.9. The van der Waals surface area contributed by atoms with Crippen molar-refractivity contribution in [3.63, 3.8) is 0 Å². The van der Waals surface area contributed by atoms with E-state index in [2.05, 4.69) is 216 Å². The Kier molecular flexibility index (Phi) is 7.39. The molecule has 11 aromatic rings. The molecule has 0 amide bonds. The largest absolute Gasteiger partial charge is 0.310 e. The van der Waals surface area contributed by atoms with E-state index < -0.39 is 0 Å². The highest BCUT2D eigenvalue weighted by molar-refractivity contribution is 7.25. The standard InChI is InChI=1S/C52H34N2S/c1-2-13-38-34-41(33-24-35(38)12-1)53(40-31-27-37(28-32-40)43-18-11-23-51-52(43)46-17-6-10-22-50(46)55-51)39-29-25-36(26-30-39)42-14-3-7-19-47(42)54-48-20-8-4-15-44(48)45-16-5-9-21-49(45)54/h1-34H. The van der Waals surface area contributed by atoms with E-state index in [-0.39, 0.29) is 0 Å². The summed E-state index contributed by atoms with van der Waals surface area (Å²) in [5.74, 6) is 0. The van der Waals surface area contributed by atoms with E-state index in [4.69, 9.17) is 0 Å². The van der Waals surface area contributed by atoms with Crippen molar-refractivity contribution in [1.82, 2.24) is 4.57 Å². The quantitative estimate of drug-likeness (QED) is 0.166. The predicted molar refractivity (Wildman–Crippen MR) is 237 cm³/mol. The van der Waals surface area contributed by atoms with Gasteiger partial charge >= 0.3 is 0 Å². The molecule has 0 saturated heterocycles. The van der Waals surface area contributed by atoms with Gasteiger partial charge in [0.15, 0.2) is 0 Å². The van der Waals surface area contributed by atoms with Crippen LogP contribution in [0.1, 0.15) is 0 Å². The zero-order valence-electron chi connectivity index (χ0n) is 29.9. The fraction of sp³-hybridized carbons (Fsp3) is 0. The topological polar surface area (TPSA) is 8.17 Å². The van der Waals surface area contributed by atoms with Crippen LogP contribution < -0.4 is 4.90 Å². The van der Waals surface area contributed by atoms with Gasteiger partial charge in [0.25, 0.3) is 0 Å². The Balaban J connectivity index is 1.02. The minimum Gasteiger partial charge on any atom is -0.310 e. The van der Waals surface area contributed by atoms with Crippen LogP contribution in [0.4, 0.5) is 17.1 Å². The van der Waals surface area contributed by atoms with Crippen molar-refractivity contribution < 1.29 is 0 Å². The molecule has 0 bridgehead atoms. The van der Waals surface area contributed by atoms with Crippen LogP contribution in [0.5, 0.6) is 0 Å². The van der Waals surface area contributed by atoms with Crippen LogP contribution in [0.3, 0.4) is 0 Å². The zero-order chi connectivity index (χ0) is 36.3. The zero-order valence-corrected chi connectivity index (χ0v) is 30.7. The Labute approximate surface area is 323 Å². The van der Waals surface area contributed by atoms with Gasteiger partial charge in [-0.1, -0.05) is 140 Å². The summed E-state index contributed by atoms with van der Waals surface area (Å²) in [7, 11) is 0. The van der Waals surface area contributed by atoms with Gasteiger partial charge in [-0.15, -0.1) is 11.3 Å². The summed E-state index contributed by atoms with van der Waals surface area (Å²) in [6.07, 6.45) is 0. The molecule has 0 saturated carbocycles. The molecule has 55 heavy (non-hydrogen) atoms. The molecule has 2 aromatic heterocycles. The highest BCUT2D eigenvalue weighted by Gasteiger charge is 2.18. The molecular weight excluding hydrogens is 685 g/mol. The first-order chi connectivity index (χ1) is 27.3. The normalized spacial score (nSPS) is 11.6. The monoisotopic (exact) mass is 718 g/mol. The SMILES string of the molecule is c1ccc(-n2c3ccccc3c3ccccc32)c(-c2ccc(N(c3ccc(-c4cccc5sc6ccccc6c45)cc3)c3ccc4ccccc4c3)cc2)c1. The molecule has 0 spiro atoms. The smallest absolute Gasteiger partial charge is 0.0541 e. The lowest BCUT2D eigenvalue weighted by Gasteiger charge is -2.26. The average molecular weight is 719 g/mol. The molecule has 0 aliphatic rings. The predicted octanol–water partition coefficient (Wildman–Crippen LogP) is 15.1. The van der Waals surface area contributed by atoms with Crippen molar-refractivity contribution in [1.29, 1.82) is 0 Å². The molecule has 258 valence electrons. The number of aromatic nitrogens is 1. The molecule has 0 unspecified atom stereocenters. The van der Waals surface area contributed by atoms with E-state index in [1.807, 2.05) is 11.3 Å². The number of anilines is 3. The van der Waals surface area contributed by atoms with Gasteiger partial charge in [0.2, 0.25) is 0 Å². The van der Waals surface area contributed by atoms with Crippen LogP contribution in [0.15, 0.2) is 206 Å². The number of rotatable bonds is 6. The van der Waals surface area contributed by atoms with Crippen molar-refractivity contribution >= 4 is 81.1 Å². The maximum absolute atomic E-state index is 2.41. The lowest BCUT2D eigenvalue weighted by atomic mass is 9.99. The van der Waals surface area contributed by atoms with Gasteiger partial charge in [0.1, 0.15) is 0 Å². The van der Waals surface area contributed by atoms with E-state index in [1.54, 1.807) is 0 Å². The molecule has 9 aromatic carbocycles. The lowest BCUT2D eigenvalue weighted by molar-refractivity contribution is 1.18. The molecule has 0 atom stereocenters. The van der Waals surface area contributed by atoms with E-state index >= 15 is 0 Å². The van der Waals surface area contributed by atoms with Crippen LogP contribution in [-0.2, 0) is 0 Å². The number of benzene rings is 9. The van der Waals surface area contributed by atoms with Gasteiger partial charge in [-0.25, -0.2) is 0 Å². The second-order valence-electron chi connectivity index (χ2n) is 14.1. The van der Waals surface area contributed by atoms with Gasteiger partial charge in [-0.3, -0.25) is 0 Å². The molecular formula is C52H34N2S. The molecule has 0 radical (unpaired) electrons. The van der Waals surface area contributed by atoms with Crippen molar-refractivity contribution in [3.8, 4) is 27.9 Å². The number of hydrogen-bond acceptors (Lipinski definition) is 2. The van der Waals surface area contributed by atoms with Crippen LogP contribution in [-0.4, -0.2) is 4.57 Å². The highest BCUT2D eigenvalue weighted by Crippen LogP contribution is 2.43. The maximum atomic E-state index is 2.41. The summed E-state index contributed by atoms with van der Waals surface area (Å²) in [5.41, 5.74) is 11.8. The van der Waals surface area contributed by atoms with Gasteiger partial charge < -0.3 is 9.47 Å². The first-order valence-electron chi connectivity index (χ1n) is 18.8. The fourth-order valence-electron chi connectivity index (χ4n) is 8.45. The summed E-state index contributed by atoms with van der Waals surface area (Å²) in [4.78, 5) is 2.37. The number of fused-ring (bicyclic) bond motifs is 7. The number of thiophene rings is 1. The average Bonchev–Trinajstić information content (AvgIpc) is 3.80. The first-order valence-corrected chi connectivity index (χ1v) is 19.6. The fourth-order valence-corrected chi connectivity index (χ4v) is 9.59. The molecule has 0 aliphatic carbocycles. The Morgan fingerprint density at radius 3 is 1.62 bits per heavy atom. The molecule has 2 nitrogen and oxygen atoms in total. The van der Waals surface area contributed by atoms with E-state index in [9.17, 15) is 0 Å². The summed E-state index contributed by atoms with van der Waals surface area (Å²) >= 11 is 1.86. The van der Waals surface area contributed by atoms with Crippen molar-refractivity contribution in [2.24, 2.45) is 0 Å². The third-order valence-electron chi connectivity index (χ3n) is 11.0. The highest BCUT2D eigenvalue weighted by atomic mass is 32.1. The van der Waals surface area contributed by atoms with Crippen LogP contribution in [0, 0.1) is 0 Å². The third kappa shape index (κ3) is 5.24. The number of hydrogen-bond donors (Lipinski definition) is 0. The minimum absolute atomic E-state index is 1.10. The Bertz CT molecular complexity index is 3150. The summed E-state index contributed by atoms with van der Waals surface area (Å²) in [6, 6.07) is 75.1. The first kappa shape index (κ1) is 31.6. The molecule has 0 fully saturated rings. The van der Waals surface area contributed by atoms with Crippen LogP contribution in [0.2, 0.25) is 0 Å². The molecule has 3 heteroatoms. The van der Waals surface area contributed by atoms with Crippen molar-refractivity contribution in [2.45, 2.75) is 0 Å². The Hall–Kier alpha value is -6.94. The van der Waals surface area contributed by atoms with E-state index in [0.29, 0.717) is 0 Å². The number of para-hydroxylation sites is 3. The van der Waals surface area contributed by atoms with Gasteiger partial charge in [0, 0.05) is 53.6 Å². The molecule has 11 rings (SSSR count). The number of nitrogens with zero attached hydrogens (tertiary/aromatic N) is 2. The molecule has 2 heterocycles. The molecule has 0 aliphatic heterocycles. The van der Waals surface area contributed by atoms with Gasteiger partial charge in [0.05, 0.1) is 16.7 Å². The van der Waals surface area contributed by atoms with Crippen LogP contribution >= 0.6 is 11.3 Å². The Morgan fingerprint density at radius 1 is 0.364 bits per heavy atom. The summed E-state index contributed by atoms with van der Waals surface area (Å²) in [6.45, 7) is 0. The van der Waals surface area contributed by atoms with Gasteiger partial charge in [-0.05, 0) is 94.2 Å². The lowest BCUT2D eigenvalue weighted by Crippen LogP contribution is -2.10. The van der Waals surface area contributed by atoms with E-state index in [1.165, 1.54) is 80.7 Å². The summed E-state index contributed by atoms with van der Waals surface area (Å²) < 4.78 is 5.06. The second-order valence-corrected chi connectivity index (χ2v) is 15.2. The third-order valence-corrected chi connectivity index (χ3v) is 12.1. The van der Waals surface area contributed by atoms with E-state index in [0.717, 1.165) is 17.1 Å². The van der Waals surface area contributed by atoms with Crippen molar-refractivity contribution in [2.75, 3.05) is 4.90 Å². The van der Waals surface area contributed by atoms with Crippen LogP contribution in [0.25, 0.3) is 80.7 Å². The minimum atomic E-state index is 1.10.